The van der Waals surface area contributed by atoms with E-state index in [1.165, 1.54) is 0 Å². The molecule has 1 aromatic heterocycles. The number of carbonyl (C=O) groups is 2. The van der Waals surface area contributed by atoms with Gasteiger partial charge in [-0.15, -0.1) is 5.10 Å². The van der Waals surface area contributed by atoms with Gasteiger partial charge in [0, 0.05) is 0 Å². The summed E-state index contributed by atoms with van der Waals surface area (Å²) < 4.78 is 3.77. The second-order valence-corrected chi connectivity index (χ2v) is 5.57. The van der Waals surface area contributed by atoms with Gasteiger partial charge < -0.3 is 10.4 Å². The summed E-state index contributed by atoms with van der Waals surface area (Å²) in [6, 6.07) is -0.889. The molecule has 0 fully saturated rings. The molecule has 0 bridgehead atoms. The summed E-state index contributed by atoms with van der Waals surface area (Å²) >= 11 is 0.993. The molecule has 0 aromatic carbocycles. The van der Waals surface area contributed by atoms with Gasteiger partial charge in [0.25, 0.3) is 5.91 Å². The summed E-state index contributed by atoms with van der Waals surface area (Å²) in [7, 11) is 0. The third-order valence-corrected chi connectivity index (χ3v) is 3.77. The normalized spacial score (nSPS) is 14.2. The van der Waals surface area contributed by atoms with E-state index in [-0.39, 0.29) is 11.8 Å². The number of nitrogens with one attached hydrogen (secondary N) is 1. The van der Waals surface area contributed by atoms with Crippen molar-refractivity contribution in [1.29, 1.82) is 0 Å². The summed E-state index contributed by atoms with van der Waals surface area (Å²) in [4.78, 5) is 23.7. The van der Waals surface area contributed by atoms with Crippen LogP contribution in [0.4, 0.5) is 0 Å². The van der Waals surface area contributed by atoms with E-state index in [0.717, 1.165) is 11.5 Å². The minimum absolute atomic E-state index is 0.0753. The molecule has 0 aliphatic rings. The molecule has 6 nitrogen and oxygen atoms in total. The molecule has 0 aliphatic heterocycles. The molecule has 19 heavy (non-hydrogen) atoms. The summed E-state index contributed by atoms with van der Waals surface area (Å²) in [5, 5.41) is 15.6. The van der Waals surface area contributed by atoms with Crippen LogP contribution >= 0.6 is 11.5 Å². The Morgan fingerprint density at radius 1 is 1.37 bits per heavy atom. The maximum absolute atomic E-state index is 12.1. The number of carboxylic acids is 1. The maximum Gasteiger partial charge on any atom is 0.326 e. The average molecular weight is 285 g/mol. The molecule has 0 saturated carbocycles. The molecule has 2 N–H and O–H groups in total. The SMILES string of the molecule is CCC(C)C(NC(=O)c1snnc1C(C)C)C(=O)O. The van der Waals surface area contributed by atoms with Crippen LogP contribution in [0.3, 0.4) is 0 Å². The first kappa shape index (κ1) is 15.6. The zero-order valence-electron chi connectivity index (χ0n) is 11.5. The summed E-state index contributed by atoms with van der Waals surface area (Å²) in [5.41, 5.74) is 0.607. The molecule has 0 spiro atoms. The van der Waals surface area contributed by atoms with Crippen LogP contribution in [0, 0.1) is 5.92 Å². The minimum atomic E-state index is -1.02. The van der Waals surface area contributed by atoms with Gasteiger partial charge in [0.15, 0.2) is 0 Å². The molecule has 1 heterocycles. The Morgan fingerprint density at radius 3 is 2.47 bits per heavy atom. The van der Waals surface area contributed by atoms with Crippen LogP contribution in [-0.4, -0.2) is 32.6 Å². The second-order valence-electron chi connectivity index (χ2n) is 4.82. The van der Waals surface area contributed by atoms with Crippen molar-refractivity contribution in [3.05, 3.63) is 10.6 Å². The lowest BCUT2D eigenvalue weighted by Gasteiger charge is -2.19. The number of carbonyl (C=O) groups excluding carboxylic acids is 1. The fourth-order valence-corrected chi connectivity index (χ4v) is 2.35. The average Bonchev–Trinajstić information content (AvgIpc) is 2.83. The number of carboxylic acid groups (broad SMARTS) is 1. The molecule has 2 unspecified atom stereocenters. The molecule has 0 aliphatic carbocycles. The van der Waals surface area contributed by atoms with Crippen LogP contribution in [0.2, 0.25) is 0 Å². The van der Waals surface area contributed by atoms with E-state index < -0.39 is 17.9 Å². The Hall–Kier alpha value is -1.50. The molecular formula is C12H19N3O3S. The maximum atomic E-state index is 12.1. The fraction of sp³-hybridized carbons (Fsp3) is 0.667. The monoisotopic (exact) mass is 285 g/mol. The molecule has 0 saturated heterocycles. The van der Waals surface area contributed by atoms with Crippen LogP contribution in [0.1, 0.15) is 55.4 Å². The molecular weight excluding hydrogens is 266 g/mol. The zero-order chi connectivity index (χ0) is 14.6. The highest BCUT2D eigenvalue weighted by atomic mass is 32.1. The van der Waals surface area contributed by atoms with Crippen molar-refractivity contribution in [1.82, 2.24) is 14.9 Å². The first-order chi connectivity index (χ1) is 8.88. The first-order valence-corrected chi connectivity index (χ1v) is 7.01. The summed E-state index contributed by atoms with van der Waals surface area (Å²) in [5.74, 6) is -1.49. The van der Waals surface area contributed by atoms with Crippen molar-refractivity contribution < 1.29 is 14.7 Å². The van der Waals surface area contributed by atoms with Gasteiger partial charge >= 0.3 is 5.97 Å². The number of hydrogen-bond donors (Lipinski definition) is 2. The van der Waals surface area contributed by atoms with E-state index in [9.17, 15) is 9.59 Å². The highest BCUT2D eigenvalue weighted by Gasteiger charge is 2.28. The van der Waals surface area contributed by atoms with Crippen LogP contribution in [0.25, 0.3) is 0 Å². The zero-order valence-corrected chi connectivity index (χ0v) is 12.3. The van der Waals surface area contributed by atoms with Crippen LogP contribution in [0.15, 0.2) is 0 Å². The Morgan fingerprint density at radius 2 is 2.00 bits per heavy atom. The predicted molar refractivity (Wildman–Crippen MR) is 72.3 cm³/mol. The van der Waals surface area contributed by atoms with Gasteiger partial charge in [-0.2, -0.15) is 0 Å². The smallest absolute Gasteiger partial charge is 0.326 e. The first-order valence-electron chi connectivity index (χ1n) is 6.24. The molecule has 1 rings (SSSR count). The van der Waals surface area contributed by atoms with Gasteiger partial charge in [-0.1, -0.05) is 38.6 Å². The Bertz CT molecular complexity index is 459. The van der Waals surface area contributed by atoms with Crippen molar-refractivity contribution in [2.75, 3.05) is 0 Å². The van der Waals surface area contributed by atoms with Crippen LogP contribution < -0.4 is 5.32 Å². The van der Waals surface area contributed by atoms with Crippen molar-refractivity contribution in [3.63, 3.8) is 0 Å². The lowest BCUT2D eigenvalue weighted by atomic mass is 9.99. The van der Waals surface area contributed by atoms with E-state index in [4.69, 9.17) is 5.11 Å². The van der Waals surface area contributed by atoms with Gasteiger partial charge in [0.2, 0.25) is 0 Å². The molecule has 0 radical (unpaired) electrons. The van der Waals surface area contributed by atoms with Crippen molar-refractivity contribution in [2.45, 2.75) is 46.1 Å². The van der Waals surface area contributed by atoms with E-state index >= 15 is 0 Å². The van der Waals surface area contributed by atoms with Gasteiger partial charge in [-0.05, 0) is 23.4 Å². The largest absolute Gasteiger partial charge is 0.480 e. The Kier molecular flexibility index (Phi) is 5.41. The lowest BCUT2D eigenvalue weighted by Crippen LogP contribution is -2.45. The second kappa shape index (κ2) is 6.60. The van der Waals surface area contributed by atoms with Gasteiger partial charge in [-0.25, -0.2) is 4.79 Å². The number of amides is 1. The predicted octanol–water partition coefficient (Wildman–Crippen LogP) is 1.89. The highest BCUT2D eigenvalue weighted by Crippen LogP contribution is 2.20. The number of aliphatic carboxylic acids is 1. The van der Waals surface area contributed by atoms with Crippen molar-refractivity contribution in [2.24, 2.45) is 5.92 Å². The van der Waals surface area contributed by atoms with Gasteiger partial charge in [-0.3, -0.25) is 4.79 Å². The van der Waals surface area contributed by atoms with E-state index in [0.29, 0.717) is 17.0 Å². The molecule has 7 heteroatoms. The van der Waals surface area contributed by atoms with Crippen LogP contribution in [0.5, 0.6) is 0 Å². The van der Waals surface area contributed by atoms with Gasteiger partial charge in [0.1, 0.15) is 10.9 Å². The summed E-state index contributed by atoms with van der Waals surface area (Å²) in [6.45, 7) is 7.52. The third-order valence-electron chi connectivity index (χ3n) is 3.03. The Balaban J connectivity index is 2.88. The quantitative estimate of drug-likeness (QED) is 0.832. The molecule has 2 atom stereocenters. The lowest BCUT2D eigenvalue weighted by molar-refractivity contribution is -0.140. The number of nitrogens with zero attached hydrogens (tertiary/aromatic N) is 2. The number of aromatic nitrogens is 2. The van der Waals surface area contributed by atoms with E-state index in [1.807, 2.05) is 20.8 Å². The standard InChI is InChI=1S/C12H19N3O3S/c1-5-7(4)9(12(17)18)13-11(16)10-8(6(2)3)14-15-19-10/h6-7,9H,5H2,1-4H3,(H,13,16)(H,17,18). The van der Waals surface area contributed by atoms with Gasteiger partial charge in [0.05, 0.1) is 5.69 Å². The molecule has 1 amide bonds. The molecule has 1 aromatic rings. The topological polar surface area (TPSA) is 92.2 Å². The summed E-state index contributed by atoms with van der Waals surface area (Å²) in [6.07, 6.45) is 0.676. The number of hydrogen-bond acceptors (Lipinski definition) is 5. The number of rotatable bonds is 6. The highest BCUT2D eigenvalue weighted by molar-refractivity contribution is 7.08. The molecule has 106 valence electrons. The fourth-order valence-electron chi connectivity index (χ4n) is 1.62. The van der Waals surface area contributed by atoms with E-state index in [1.54, 1.807) is 6.92 Å². The Labute approximate surface area is 116 Å². The van der Waals surface area contributed by atoms with E-state index in [2.05, 4.69) is 14.9 Å². The minimum Gasteiger partial charge on any atom is -0.480 e. The van der Waals surface area contributed by atoms with Crippen molar-refractivity contribution in [3.8, 4) is 0 Å². The van der Waals surface area contributed by atoms with Crippen LogP contribution in [-0.2, 0) is 4.79 Å². The van der Waals surface area contributed by atoms with Crippen molar-refractivity contribution >= 4 is 23.4 Å². The third kappa shape index (κ3) is 3.73.